The summed E-state index contributed by atoms with van der Waals surface area (Å²) in [6.45, 7) is 8.87. The number of nitrogens with one attached hydrogen (secondary N) is 2. The third-order valence-corrected chi connectivity index (χ3v) is 8.90. The number of methoxy groups -OCH3 is 1. The summed E-state index contributed by atoms with van der Waals surface area (Å²) < 4.78 is 33.9. The molecule has 0 saturated carbocycles. The highest BCUT2D eigenvalue weighted by molar-refractivity contribution is 7.89. The van der Waals surface area contributed by atoms with E-state index in [4.69, 9.17) is 9.73 Å². The number of piperidine rings is 1. The number of amidine groups is 1. The van der Waals surface area contributed by atoms with Gasteiger partial charge in [0.15, 0.2) is 0 Å². The molecule has 0 amide bonds. The topological polar surface area (TPSA) is 83.0 Å². The van der Waals surface area contributed by atoms with Crippen LogP contribution in [-0.2, 0) is 16.6 Å². The molecule has 0 radical (unpaired) electrons. The summed E-state index contributed by atoms with van der Waals surface area (Å²) in [4.78, 5) is 5.24. The largest absolute Gasteiger partial charge is 0.497 e. The Labute approximate surface area is 209 Å². The van der Waals surface area contributed by atoms with Crippen LogP contribution in [0.3, 0.4) is 0 Å². The van der Waals surface area contributed by atoms with E-state index in [-0.39, 0.29) is 17.9 Å². The van der Waals surface area contributed by atoms with Crippen LogP contribution >= 0.6 is 12.4 Å². The van der Waals surface area contributed by atoms with Gasteiger partial charge in [-0.05, 0) is 62.4 Å². The minimum Gasteiger partial charge on any atom is -0.497 e. The maximum absolute atomic E-state index is 13.5. The maximum atomic E-state index is 13.5. The number of benzene rings is 2. The minimum absolute atomic E-state index is 0. The Morgan fingerprint density at radius 3 is 2.29 bits per heavy atom. The highest BCUT2D eigenvalue weighted by Crippen LogP contribution is 2.31. The Morgan fingerprint density at radius 2 is 1.71 bits per heavy atom. The monoisotopic (exact) mass is 506 g/mol. The fourth-order valence-corrected chi connectivity index (χ4v) is 6.93. The first-order valence-corrected chi connectivity index (χ1v) is 12.9. The molecular weight excluding hydrogens is 472 g/mol. The lowest BCUT2D eigenvalue weighted by Gasteiger charge is -2.44. The molecule has 2 aromatic rings. The first kappa shape index (κ1) is 26.5. The third kappa shape index (κ3) is 5.25. The van der Waals surface area contributed by atoms with E-state index < -0.39 is 10.0 Å². The molecule has 34 heavy (non-hydrogen) atoms. The normalized spacial score (nSPS) is 18.2. The molecule has 1 spiro atoms. The van der Waals surface area contributed by atoms with E-state index >= 15 is 0 Å². The van der Waals surface area contributed by atoms with E-state index in [0.717, 1.165) is 46.9 Å². The minimum atomic E-state index is -3.54. The molecule has 0 bridgehead atoms. The zero-order valence-electron chi connectivity index (χ0n) is 20.3. The molecule has 7 nitrogen and oxygen atoms in total. The summed E-state index contributed by atoms with van der Waals surface area (Å²) in [7, 11) is -1.88. The highest BCUT2D eigenvalue weighted by Gasteiger charge is 2.43. The Bertz CT molecular complexity index is 1120. The quantitative estimate of drug-likeness (QED) is 0.649. The smallest absolute Gasteiger partial charge is 0.243 e. The summed E-state index contributed by atoms with van der Waals surface area (Å²) in [6.07, 6.45) is 1.37. The summed E-state index contributed by atoms with van der Waals surface area (Å²) >= 11 is 0. The zero-order valence-corrected chi connectivity index (χ0v) is 22.0. The van der Waals surface area contributed by atoms with E-state index in [1.165, 1.54) is 0 Å². The maximum Gasteiger partial charge on any atom is 0.243 e. The lowest BCUT2D eigenvalue weighted by atomic mass is 9.85. The molecule has 4 rings (SSSR count). The number of halogens is 1. The number of aliphatic imine (C=N–C) groups is 1. The van der Waals surface area contributed by atoms with Gasteiger partial charge in [-0.1, -0.05) is 29.8 Å². The average molecular weight is 507 g/mol. The van der Waals surface area contributed by atoms with Gasteiger partial charge < -0.3 is 15.4 Å². The summed E-state index contributed by atoms with van der Waals surface area (Å²) in [5.74, 6) is 1.77. The van der Waals surface area contributed by atoms with Gasteiger partial charge >= 0.3 is 0 Å². The number of hydrogen-bond donors (Lipinski definition) is 2. The fourth-order valence-electron chi connectivity index (χ4n) is 5.08. The van der Waals surface area contributed by atoms with Crippen molar-refractivity contribution in [3.05, 3.63) is 58.7 Å². The lowest BCUT2D eigenvalue weighted by Crippen LogP contribution is -2.64. The molecule has 0 unspecified atom stereocenters. The number of sulfonamides is 1. The Balaban J connectivity index is 0.00000324. The number of nitrogens with zero attached hydrogens (tertiary/aromatic N) is 2. The van der Waals surface area contributed by atoms with Crippen LogP contribution in [-0.4, -0.2) is 57.4 Å². The van der Waals surface area contributed by atoms with E-state index in [2.05, 4.69) is 10.6 Å². The zero-order chi connectivity index (χ0) is 23.6. The molecule has 2 aliphatic rings. The molecule has 9 heteroatoms. The second-order valence-corrected chi connectivity index (χ2v) is 10.9. The van der Waals surface area contributed by atoms with Crippen molar-refractivity contribution in [1.82, 2.24) is 14.9 Å². The van der Waals surface area contributed by atoms with Crippen LogP contribution in [0.15, 0.2) is 46.3 Å². The molecule has 0 aromatic heterocycles. The predicted octanol–water partition coefficient (Wildman–Crippen LogP) is 3.36. The average Bonchev–Trinajstić information content (AvgIpc) is 2.78. The number of ether oxygens (including phenoxy) is 1. The summed E-state index contributed by atoms with van der Waals surface area (Å²) in [5, 5.41) is 7.17. The fraction of sp³-hybridized carbons (Fsp3) is 0.480. The Morgan fingerprint density at radius 1 is 1.09 bits per heavy atom. The number of rotatable bonds is 5. The highest BCUT2D eigenvalue weighted by atomic mass is 35.5. The first-order valence-electron chi connectivity index (χ1n) is 11.5. The molecule has 0 atom stereocenters. The van der Waals surface area contributed by atoms with Crippen molar-refractivity contribution in [3.8, 4) is 5.75 Å². The molecule has 1 fully saturated rings. The van der Waals surface area contributed by atoms with Crippen molar-refractivity contribution in [1.29, 1.82) is 0 Å². The van der Waals surface area contributed by atoms with E-state index in [0.29, 0.717) is 37.4 Å². The van der Waals surface area contributed by atoms with Crippen molar-refractivity contribution in [2.75, 3.05) is 33.3 Å². The van der Waals surface area contributed by atoms with Gasteiger partial charge in [0.1, 0.15) is 11.6 Å². The van der Waals surface area contributed by atoms with Gasteiger partial charge in [-0.25, -0.2) is 8.42 Å². The molecular formula is C25H35ClN4O3S. The van der Waals surface area contributed by atoms with Crippen molar-refractivity contribution >= 4 is 28.3 Å². The molecule has 0 aliphatic carbocycles. The van der Waals surface area contributed by atoms with Crippen molar-refractivity contribution in [3.63, 3.8) is 0 Å². The Hall–Kier alpha value is -2.13. The van der Waals surface area contributed by atoms with E-state index in [9.17, 15) is 8.42 Å². The third-order valence-electron chi connectivity index (χ3n) is 6.70. The lowest BCUT2D eigenvalue weighted by molar-refractivity contribution is 0.241. The summed E-state index contributed by atoms with van der Waals surface area (Å²) in [6, 6.07) is 11.9. The van der Waals surface area contributed by atoms with Crippen LogP contribution in [0.5, 0.6) is 5.75 Å². The van der Waals surface area contributed by atoms with Gasteiger partial charge in [0.25, 0.3) is 0 Å². The molecule has 2 aromatic carbocycles. The van der Waals surface area contributed by atoms with Crippen molar-refractivity contribution in [2.24, 2.45) is 4.99 Å². The molecule has 2 aliphatic heterocycles. The molecule has 1 saturated heterocycles. The van der Waals surface area contributed by atoms with Crippen LogP contribution in [0.25, 0.3) is 0 Å². The van der Waals surface area contributed by atoms with E-state index in [1.54, 1.807) is 11.4 Å². The SMILES string of the molecule is COc1ccc(CNC2=NCCNC23CCN(S(=O)(=O)c2c(C)cc(C)cc2C)CC3)cc1.Cl. The molecule has 186 valence electrons. The molecule has 2 heterocycles. The van der Waals surface area contributed by atoms with Gasteiger partial charge in [-0.15, -0.1) is 12.4 Å². The van der Waals surface area contributed by atoms with Crippen molar-refractivity contribution < 1.29 is 13.2 Å². The van der Waals surface area contributed by atoms with Gasteiger partial charge in [-0.3, -0.25) is 4.99 Å². The van der Waals surface area contributed by atoms with Gasteiger partial charge in [0.2, 0.25) is 10.0 Å². The van der Waals surface area contributed by atoms with Gasteiger partial charge in [0, 0.05) is 26.2 Å². The standard InChI is InChI=1S/C25H34N4O3S.ClH/c1-18-15-19(2)23(20(3)16-18)33(30,31)29-13-9-25(10-14-29)24(26-11-12-28-25)27-17-21-5-7-22(32-4)8-6-21;/h5-8,15-16,28H,9-14,17H2,1-4H3,(H,26,27);1H. The van der Waals surface area contributed by atoms with Crippen LogP contribution in [0, 0.1) is 20.8 Å². The predicted molar refractivity (Wildman–Crippen MR) is 139 cm³/mol. The molecule has 2 N–H and O–H groups in total. The van der Waals surface area contributed by atoms with Crippen LogP contribution in [0.2, 0.25) is 0 Å². The van der Waals surface area contributed by atoms with Gasteiger partial charge in [0.05, 0.1) is 24.1 Å². The second-order valence-electron chi connectivity index (χ2n) is 9.07. The first-order chi connectivity index (χ1) is 15.7. The second kappa shape index (κ2) is 10.6. The van der Waals surface area contributed by atoms with Crippen LogP contribution in [0.1, 0.15) is 35.1 Å². The van der Waals surface area contributed by atoms with Crippen LogP contribution in [0.4, 0.5) is 0 Å². The van der Waals surface area contributed by atoms with Gasteiger partial charge in [-0.2, -0.15) is 4.31 Å². The summed E-state index contributed by atoms with van der Waals surface area (Å²) in [5.41, 5.74) is 3.54. The van der Waals surface area contributed by atoms with Crippen molar-refractivity contribution in [2.45, 2.75) is 50.6 Å². The number of aryl methyl sites for hydroxylation is 3. The van der Waals surface area contributed by atoms with E-state index in [1.807, 2.05) is 57.2 Å². The van der Waals surface area contributed by atoms with Crippen LogP contribution < -0.4 is 15.4 Å². The Kier molecular flexibility index (Phi) is 8.29. The number of hydrogen-bond acceptors (Lipinski definition) is 6.